The van der Waals surface area contributed by atoms with E-state index < -0.39 is 0 Å². The SMILES string of the molecule is C=CCNC(=O)CN1CCC(Oc2cncc(C)n2)CC1. The van der Waals surface area contributed by atoms with Gasteiger partial charge in [-0.3, -0.25) is 14.7 Å². The van der Waals surface area contributed by atoms with Crippen LogP contribution in [0.3, 0.4) is 0 Å². The number of aryl methyl sites for hydroxylation is 1. The van der Waals surface area contributed by atoms with Gasteiger partial charge >= 0.3 is 0 Å². The zero-order chi connectivity index (χ0) is 15.1. The summed E-state index contributed by atoms with van der Waals surface area (Å²) in [5.41, 5.74) is 0.851. The number of carbonyl (C=O) groups excluding carboxylic acids is 1. The second-order valence-electron chi connectivity index (χ2n) is 5.18. The number of carbonyl (C=O) groups is 1. The number of nitrogens with one attached hydrogen (secondary N) is 1. The van der Waals surface area contributed by atoms with Crippen molar-refractivity contribution in [2.45, 2.75) is 25.9 Å². The lowest BCUT2D eigenvalue weighted by Gasteiger charge is -2.31. The van der Waals surface area contributed by atoms with Gasteiger partial charge in [0.1, 0.15) is 6.10 Å². The van der Waals surface area contributed by atoms with Gasteiger partial charge in [-0.15, -0.1) is 6.58 Å². The molecule has 6 nitrogen and oxygen atoms in total. The normalized spacial score (nSPS) is 16.4. The molecular weight excluding hydrogens is 268 g/mol. The molecule has 0 radical (unpaired) electrons. The number of hydrogen-bond acceptors (Lipinski definition) is 5. The lowest BCUT2D eigenvalue weighted by atomic mass is 10.1. The van der Waals surface area contributed by atoms with E-state index in [1.165, 1.54) is 0 Å². The lowest BCUT2D eigenvalue weighted by molar-refractivity contribution is -0.122. The molecule has 114 valence electrons. The van der Waals surface area contributed by atoms with Crippen LogP contribution in [0.5, 0.6) is 5.88 Å². The van der Waals surface area contributed by atoms with E-state index in [1.54, 1.807) is 18.5 Å². The first kappa shape index (κ1) is 15.4. The van der Waals surface area contributed by atoms with E-state index in [9.17, 15) is 4.79 Å². The number of aromatic nitrogens is 2. The third kappa shape index (κ3) is 5.15. The Kier molecular flexibility index (Phi) is 5.68. The van der Waals surface area contributed by atoms with Gasteiger partial charge in [-0.2, -0.15) is 0 Å². The fourth-order valence-electron chi connectivity index (χ4n) is 2.30. The zero-order valence-electron chi connectivity index (χ0n) is 12.4. The van der Waals surface area contributed by atoms with Gasteiger partial charge in [0, 0.05) is 25.8 Å². The Labute approximate surface area is 125 Å². The highest BCUT2D eigenvalue weighted by Crippen LogP contribution is 2.16. The summed E-state index contributed by atoms with van der Waals surface area (Å²) >= 11 is 0. The van der Waals surface area contributed by atoms with Crippen LogP contribution in [0.15, 0.2) is 25.0 Å². The van der Waals surface area contributed by atoms with Gasteiger partial charge < -0.3 is 10.1 Å². The van der Waals surface area contributed by atoms with Gasteiger partial charge in [0.2, 0.25) is 11.8 Å². The molecule has 0 atom stereocenters. The van der Waals surface area contributed by atoms with Crippen molar-refractivity contribution in [2.75, 3.05) is 26.2 Å². The molecule has 0 bridgehead atoms. The Hall–Kier alpha value is -1.95. The lowest BCUT2D eigenvalue weighted by Crippen LogP contribution is -2.43. The number of ether oxygens (including phenoxy) is 1. The molecule has 2 heterocycles. The van der Waals surface area contributed by atoms with Crippen molar-refractivity contribution in [3.05, 3.63) is 30.7 Å². The highest BCUT2D eigenvalue weighted by molar-refractivity contribution is 5.78. The van der Waals surface area contributed by atoms with Crippen molar-refractivity contribution in [1.29, 1.82) is 0 Å². The zero-order valence-corrected chi connectivity index (χ0v) is 12.4. The van der Waals surface area contributed by atoms with Crippen molar-refractivity contribution < 1.29 is 9.53 Å². The molecule has 1 aromatic rings. The molecule has 1 fully saturated rings. The summed E-state index contributed by atoms with van der Waals surface area (Å²) in [5.74, 6) is 0.621. The van der Waals surface area contributed by atoms with Gasteiger partial charge in [-0.25, -0.2) is 4.98 Å². The van der Waals surface area contributed by atoms with Crippen molar-refractivity contribution in [3.63, 3.8) is 0 Å². The first-order valence-electron chi connectivity index (χ1n) is 7.22. The topological polar surface area (TPSA) is 67.4 Å². The second-order valence-corrected chi connectivity index (χ2v) is 5.18. The average molecular weight is 290 g/mol. The first-order valence-corrected chi connectivity index (χ1v) is 7.22. The highest BCUT2D eigenvalue weighted by Gasteiger charge is 2.22. The molecule has 1 aliphatic rings. The molecule has 1 N–H and O–H groups in total. The summed E-state index contributed by atoms with van der Waals surface area (Å²) < 4.78 is 5.84. The maximum Gasteiger partial charge on any atom is 0.234 e. The molecule has 0 aromatic carbocycles. The fourth-order valence-corrected chi connectivity index (χ4v) is 2.30. The minimum atomic E-state index is 0.0406. The van der Waals surface area contributed by atoms with E-state index in [0.717, 1.165) is 31.6 Å². The predicted molar refractivity (Wildman–Crippen MR) is 80.1 cm³/mol. The summed E-state index contributed by atoms with van der Waals surface area (Å²) in [4.78, 5) is 22.1. The Bertz CT molecular complexity index is 484. The van der Waals surface area contributed by atoms with Gasteiger partial charge in [-0.1, -0.05) is 6.08 Å². The van der Waals surface area contributed by atoms with Gasteiger partial charge in [0.05, 0.1) is 18.4 Å². The average Bonchev–Trinajstić information content (AvgIpc) is 2.47. The fraction of sp³-hybridized carbons (Fsp3) is 0.533. The van der Waals surface area contributed by atoms with E-state index in [-0.39, 0.29) is 12.0 Å². The van der Waals surface area contributed by atoms with Crippen LogP contribution in [0.4, 0.5) is 0 Å². The number of piperidine rings is 1. The van der Waals surface area contributed by atoms with Gasteiger partial charge in [0.15, 0.2) is 0 Å². The summed E-state index contributed by atoms with van der Waals surface area (Å²) in [6.07, 6.45) is 6.96. The third-order valence-corrected chi connectivity index (χ3v) is 3.37. The minimum absolute atomic E-state index is 0.0406. The quantitative estimate of drug-likeness (QED) is 0.790. The Morgan fingerprint density at radius 2 is 2.29 bits per heavy atom. The molecular formula is C15H22N4O2. The molecule has 21 heavy (non-hydrogen) atoms. The van der Waals surface area contributed by atoms with Crippen molar-refractivity contribution in [3.8, 4) is 5.88 Å². The van der Waals surface area contributed by atoms with E-state index in [0.29, 0.717) is 19.0 Å². The molecule has 2 rings (SSSR count). The largest absolute Gasteiger partial charge is 0.473 e. The molecule has 0 saturated carbocycles. The number of hydrogen-bond donors (Lipinski definition) is 1. The maximum atomic E-state index is 11.6. The van der Waals surface area contributed by atoms with Gasteiger partial charge in [0.25, 0.3) is 0 Å². The number of rotatable bonds is 6. The number of likely N-dealkylation sites (tertiary alicyclic amines) is 1. The van der Waals surface area contributed by atoms with Gasteiger partial charge in [-0.05, 0) is 19.8 Å². The maximum absolute atomic E-state index is 11.6. The highest BCUT2D eigenvalue weighted by atomic mass is 16.5. The monoisotopic (exact) mass is 290 g/mol. The molecule has 1 amide bonds. The van der Waals surface area contributed by atoms with E-state index in [2.05, 4.69) is 26.8 Å². The molecule has 1 saturated heterocycles. The van der Waals surface area contributed by atoms with Crippen molar-refractivity contribution >= 4 is 5.91 Å². The summed E-state index contributed by atoms with van der Waals surface area (Å²) in [6, 6.07) is 0. The number of amides is 1. The van der Waals surface area contributed by atoms with Crippen LogP contribution in [-0.2, 0) is 4.79 Å². The molecule has 0 aliphatic carbocycles. The van der Waals surface area contributed by atoms with E-state index in [4.69, 9.17) is 4.74 Å². The van der Waals surface area contributed by atoms with Crippen LogP contribution in [0.25, 0.3) is 0 Å². The Morgan fingerprint density at radius 3 is 2.95 bits per heavy atom. The first-order chi connectivity index (χ1) is 10.2. The summed E-state index contributed by atoms with van der Waals surface area (Å²) in [5, 5.41) is 2.79. The predicted octanol–water partition coefficient (Wildman–Crippen LogP) is 0.930. The van der Waals surface area contributed by atoms with Crippen LogP contribution in [-0.4, -0.2) is 53.1 Å². The summed E-state index contributed by atoms with van der Waals surface area (Å²) in [7, 11) is 0. The summed E-state index contributed by atoms with van der Waals surface area (Å²) in [6.45, 7) is 8.13. The standard InChI is InChI=1S/C15H22N4O2/c1-3-6-17-14(20)11-19-7-4-13(5-8-19)21-15-10-16-9-12(2)18-15/h3,9-10,13H,1,4-8,11H2,2H3,(H,17,20). The van der Waals surface area contributed by atoms with Crippen molar-refractivity contribution in [1.82, 2.24) is 20.2 Å². The van der Waals surface area contributed by atoms with Crippen LogP contribution in [0.2, 0.25) is 0 Å². The smallest absolute Gasteiger partial charge is 0.234 e. The van der Waals surface area contributed by atoms with Crippen molar-refractivity contribution in [2.24, 2.45) is 0 Å². The molecule has 1 aromatic heterocycles. The third-order valence-electron chi connectivity index (χ3n) is 3.37. The molecule has 6 heteroatoms. The molecule has 0 unspecified atom stereocenters. The number of nitrogens with zero attached hydrogens (tertiary/aromatic N) is 3. The molecule has 1 aliphatic heterocycles. The Balaban J connectivity index is 1.73. The molecule has 0 spiro atoms. The second kappa shape index (κ2) is 7.73. The van der Waals surface area contributed by atoms with Crippen LogP contribution in [0.1, 0.15) is 18.5 Å². The van der Waals surface area contributed by atoms with Crippen LogP contribution in [0, 0.1) is 6.92 Å². The van der Waals surface area contributed by atoms with E-state index >= 15 is 0 Å². The Morgan fingerprint density at radius 1 is 1.52 bits per heavy atom. The van der Waals surface area contributed by atoms with E-state index in [1.807, 2.05) is 6.92 Å². The minimum Gasteiger partial charge on any atom is -0.473 e. The van der Waals surface area contributed by atoms with Crippen LogP contribution < -0.4 is 10.1 Å². The van der Waals surface area contributed by atoms with Crippen LogP contribution >= 0.6 is 0 Å².